The molecule has 5 heterocycles. The van der Waals surface area contributed by atoms with Crippen molar-refractivity contribution in [2.75, 3.05) is 13.1 Å². The highest BCUT2D eigenvalue weighted by Gasteiger charge is 2.56. The third-order valence-corrected chi connectivity index (χ3v) is 9.90. The van der Waals surface area contributed by atoms with Crippen LogP contribution in [0.1, 0.15) is 64.0 Å². The number of hydrogen-bond donors (Lipinski definition) is 1. The van der Waals surface area contributed by atoms with E-state index in [0.29, 0.717) is 29.7 Å². The summed E-state index contributed by atoms with van der Waals surface area (Å²) in [5.41, 5.74) is -3.48. The fourth-order valence-corrected chi connectivity index (χ4v) is 7.64. The smallest absolute Gasteiger partial charge is 0.474 e. The van der Waals surface area contributed by atoms with Crippen molar-refractivity contribution in [3.05, 3.63) is 62.4 Å². The van der Waals surface area contributed by atoms with E-state index >= 15 is 0 Å². The van der Waals surface area contributed by atoms with Crippen LogP contribution >= 0.6 is 22.7 Å². The molecule has 2 atom stereocenters. The number of carbonyl (C=O) groups excluding carboxylic acids is 2. The Hall–Kier alpha value is -3.86. The molecule has 0 unspecified atom stereocenters. The number of carboxylic acid groups (broad SMARTS) is 1. The van der Waals surface area contributed by atoms with Crippen LogP contribution in [-0.4, -0.2) is 62.6 Å². The normalized spacial score (nSPS) is 20.3. The number of aromatic nitrogens is 1. The summed E-state index contributed by atoms with van der Waals surface area (Å²) in [7, 11) is 0. The van der Waals surface area contributed by atoms with Gasteiger partial charge >= 0.3 is 18.5 Å². The van der Waals surface area contributed by atoms with Crippen molar-refractivity contribution in [1.82, 2.24) is 14.8 Å². The Bertz CT molecular complexity index is 1620. The molecule has 248 valence electrons. The van der Waals surface area contributed by atoms with Crippen molar-refractivity contribution in [2.24, 2.45) is 0 Å². The standard InChI is InChI=1S/C29H27F6N3O6S2/c1-2-5-20-27(44-17-13-21(45-15-17)29(33,34)35,25(40)37-11-7-19-16(14-37)12-22(46-19)43-26(41)42)8-4-10-38(20)24(39)23-18(28(30,31)32)6-3-9-36-23/h3,6,9,12-13,15,20H,2,4-5,7-8,10-11,14H2,1H3,(H,41,42)/t20-,27+/m1/s1. The zero-order chi connectivity index (χ0) is 33.4. The summed E-state index contributed by atoms with van der Waals surface area (Å²) in [4.78, 5) is 45.6. The molecule has 0 radical (unpaired) electrons. The number of thiophene rings is 2. The van der Waals surface area contributed by atoms with E-state index in [0.717, 1.165) is 50.9 Å². The van der Waals surface area contributed by atoms with Crippen LogP contribution in [0.15, 0.2) is 35.8 Å². The van der Waals surface area contributed by atoms with Gasteiger partial charge in [-0.1, -0.05) is 13.3 Å². The van der Waals surface area contributed by atoms with Gasteiger partial charge in [0.25, 0.3) is 11.8 Å². The van der Waals surface area contributed by atoms with Gasteiger partial charge in [0.2, 0.25) is 5.60 Å². The van der Waals surface area contributed by atoms with Gasteiger partial charge in [0, 0.05) is 48.6 Å². The summed E-state index contributed by atoms with van der Waals surface area (Å²) in [6.07, 6.45) is -9.25. The average molecular weight is 692 g/mol. The van der Waals surface area contributed by atoms with E-state index in [-0.39, 0.29) is 49.7 Å². The van der Waals surface area contributed by atoms with Crippen LogP contribution in [-0.2, 0) is 30.1 Å². The number of alkyl halides is 6. The molecule has 2 aliphatic rings. The number of likely N-dealkylation sites (tertiary alicyclic amines) is 1. The quantitative estimate of drug-likeness (QED) is 0.208. The predicted octanol–water partition coefficient (Wildman–Crippen LogP) is 7.11. The summed E-state index contributed by atoms with van der Waals surface area (Å²) < 4.78 is 93.2. The summed E-state index contributed by atoms with van der Waals surface area (Å²) >= 11 is 1.47. The molecule has 17 heteroatoms. The minimum absolute atomic E-state index is 0.0125. The van der Waals surface area contributed by atoms with Crippen molar-refractivity contribution in [3.8, 4) is 10.8 Å². The fourth-order valence-electron chi connectivity index (χ4n) is 5.96. The maximum atomic E-state index is 14.6. The third kappa shape index (κ3) is 6.65. The number of fused-ring (bicyclic) bond motifs is 1. The predicted molar refractivity (Wildman–Crippen MR) is 153 cm³/mol. The van der Waals surface area contributed by atoms with E-state index < -0.39 is 58.1 Å². The maximum absolute atomic E-state index is 14.6. The Labute approximate surface area is 266 Å². The highest BCUT2D eigenvalue weighted by Crippen LogP contribution is 2.43. The molecule has 1 saturated heterocycles. The Kier molecular flexibility index (Phi) is 9.28. The summed E-state index contributed by atoms with van der Waals surface area (Å²) in [5.74, 6) is -2.00. The third-order valence-electron chi connectivity index (χ3n) is 7.84. The van der Waals surface area contributed by atoms with Crippen molar-refractivity contribution in [1.29, 1.82) is 0 Å². The van der Waals surface area contributed by atoms with Gasteiger partial charge in [0.15, 0.2) is 5.06 Å². The molecule has 0 aliphatic carbocycles. The molecule has 3 aromatic heterocycles. The fraction of sp³-hybridized carbons (Fsp3) is 0.448. The van der Waals surface area contributed by atoms with E-state index in [9.17, 15) is 40.7 Å². The SMILES string of the molecule is CCC[C@H]1N(C(=O)c2ncccc2C(F)(F)F)CCC[C@@]1(Oc1csc(C(F)(F)F)c1)C(=O)N1CCc2sc(OC(=O)O)cc2C1. The number of amides is 2. The van der Waals surface area contributed by atoms with Gasteiger partial charge in [0.1, 0.15) is 16.3 Å². The Morgan fingerprint density at radius 3 is 2.54 bits per heavy atom. The maximum Gasteiger partial charge on any atom is 0.512 e. The van der Waals surface area contributed by atoms with Gasteiger partial charge in [-0.15, -0.1) is 22.7 Å². The molecule has 46 heavy (non-hydrogen) atoms. The molecular weight excluding hydrogens is 664 g/mol. The van der Waals surface area contributed by atoms with E-state index in [1.165, 1.54) is 11.0 Å². The van der Waals surface area contributed by atoms with Crippen LogP contribution < -0.4 is 9.47 Å². The van der Waals surface area contributed by atoms with Crippen LogP contribution in [0.3, 0.4) is 0 Å². The summed E-state index contributed by atoms with van der Waals surface area (Å²) in [6.45, 7) is 1.81. The zero-order valence-corrected chi connectivity index (χ0v) is 25.7. The van der Waals surface area contributed by atoms with E-state index in [1.807, 2.05) is 0 Å². The summed E-state index contributed by atoms with van der Waals surface area (Å²) in [5, 5.41) is 10.2. The van der Waals surface area contributed by atoms with Gasteiger partial charge in [-0.3, -0.25) is 14.6 Å². The minimum Gasteiger partial charge on any atom is -0.474 e. The lowest BCUT2D eigenvalue weighted by Gasteiger charge is -2.50. The number of halogens is 6. The van der Waals surface area contributed by atoms with Gasteiger partial charge < -0.3 is 24.4 Å². The average Bonchev–Trinajstić information content (AvgIpc) is 3.63. The monoisotopic (exact) mass is 691 g/mol. The molecule has 0 saturated carbocycles. The van der Waals surface area contributed by atoms with Crippen molar-refractivity contribution in [2.45, 2.75) is 69.6 Å². The lowest BCUT2D eigenvalue weighted by Crippen LogP contribution is -2.68. The number of piperidine rings is 1. The lowest BCUT2D eigenvalue weighted by atomic mass is 9.79. The van der Waals surface area contributed by atoms with Crippen LogP contribution in [0.4, 0.5) is 31.1 Å². The second-order valence-corrected chi connectivity index (χ2v) is 12.8. The van der Waals surface area contributed by atoms with Crippen LogP contribution in [0, 0.1) is 0 Å². The number of rotatable bonds is 7. The molecule has 0 spiro atoms. The van der Waals surface area contributed by atoms with Crippen LogP contribution in [0.25, 0.3) is 0 Å². The first-order chi connectivity index (χ1) is 21.6. The number of carbonyl (C=O) groups is 3. The van der Waals surface area contributed by atoms with E-state index in [2.05, 4.69) is 4.98 Å². The van der Waals surface area contributed by atoms with E-state index in [4.69, 9.17) is 14.6 Å². The second kappa shape index (κ2) is 12.7. The van der Waals surface area contributed by atoms with Crippen LogP contribution in [0.5, 0.6) is 10.8 Å². The molecule has 0 aromatic carbocycles. The molecule has 5 rings (SSSR count). The molecule has 3 aromatic rings. The Morgan fingerprint density at radius 2 is 1.89 bits per heavy atom. The van der Waals surface area contributed by atoms with Crippen molar-refractivity contribution in [3.63, 3.8) is 0 Å². The summed E-state index contributed by atoms with van der Waals surface area (Å²) in [6, 6.07) is 2.85. The van der Waals surface area contributed by atoms with Gasteiger partial charge in [-0.25, -0.2) is 4.79 Å². The molecule has 9 nitrogen and oxygen atoms in total. The highest BCUT2D eigenvalue weighted by atomic mass is 32.1. The first-order valence-corrected chi connectivity index (χ1v) is 15.8. The minimum atomic E-state index is -4.90. The second-order valence-electron chi connectivity index (χ2n) is 10.8. The number of pyridine rings is 1. The van der Waals surface area contributed by atoms with Crippen LogP contribution in [0.2, 0.25) is 0 Å². The molecule has 2 aliphatic heterocycles. The first-order valence-electron chi connectivity index (χ1n) is 14.1. The molecule has 1 fully saturated rings. The van der Waals surface area contributed by atoms with E-state index in [1.54, 1.807) is 6.92 Å². The number of hydrogen-bond acceptors (Lipinski definition) is 8. The molecule has 2 amide bonds. The topological polar surface area (TPSA) is 109 Å². The van der Waals surface area contributed by atoms with Gasteiger partial charge in [0.05, 0.1) is 11.6 Å². The van der Waals surface area contributed by atoms with Crippen molar-refractivity contribution >= 4 is 40.6 Å². The highest BCUT2D eigenvalue weighted by molar-refractivity contribution is 7.14. The molecule has 0 bridgehead atoms. The lowest BCUT2D eigenvalue weighted by molar-refractivity contribution is -0.160. The Balaban J connectivity index is 1.57. The molecular formula is C29H27F6N3O6S2. The number of ether oxygens (including phenoxy) is 2. The molecule has 1 N–H and O–H groups in total. The van der Waals surface area contributed by atoms with Crippen molar-refractivity contribution < 1.29 is 55.3 Å². The van der Waals surface area contributed by atoms with Gasteiger partial charge in [-0.2, -0.15) is 26.3 Å². The number of nitrogens with zero attached hydrogens (tertiary/aromatic N) is 3. The zero-order valence-electron chi connectivity index (χ0n) is 24.1. The largest absolute Gasteiger partial charge is 0.512 e. The van der Waals surface area contributed by atoms with Gasteiger partial charge in [-0.05, 0) is 43.0 Å². The Morgan fingerprint density at radius 1 is 1.13 bits per heavy atom. The first kappa shape index (κ1) is 33.5.